The number of carbonyl (C=O) groups excluding carboxylic acids is 2. The number of aromatic nitrogens is 2. The van der Waals surface area contributed by atoms with Gasteiger partial charge in [-0.3, -0.25) is 9.78 Å². The summed E-state index contributed by atoms with van der Waals surface area (Å²) in [4.78, 5) is 33.7. The average Bonchev–Trinajstić information content (AvgIpc) is 2.88. The van der Waals surface area contributed by atoms with E-state index in [1.54, 1.807) is 33.0 Å². The Balaban J connectivity index is 1.59. The molecule has 214 valence electrons. The van der Waals surface area contributed by atoms with Crippen LogP contribution in [0, 0.1) is 40.6 Å². The van der Waals surface area contributed by atoms with Gasteiger partial charge >= 0.3 is 6.09 Å². The van der Waals surface area contributed by atoms with E-state index in [-0.39, 0.29) is 17.5 Å². The summed E-state index contributed by atoms with van der Waals surface area (Å²) in [6, 6.07) is 8.66. The number of carbonyl (C=O) groups is 2. The summed E-state index contributed by atoms with van der Waals surface area (Å²) in [5, 5.41) is 15.4. The van der Waals surface area contributed by atoms with Gasteiger partial charge in [0.25, 0.3) is 5.91 Å². The predicted molar refractivity (Wildman–Crippen MR) is 145 cm³/mol. The lowest BCUT2D eigenvalue weighted by molar-refractivity contribution is 0.0462. The molecule has 0 radical (unpaired) electrons. The highest BCUT2D eigenvalue weighted by molar-refractivity contribution is 6.03. The fourth-order valence-corrected chi connectivity index (χ4v) is 5.14. The van der Waals surface area contributed by atoms with Gasteiger partial charge in [0.1, 0.15) is 34.4 Å². The van der Waals surface area contributed by atoms with Crippen molar-refractivity contribution in [1.29, 1.82) is 5.26 Å². The second-order valence-corrected chi connectivity index (χ2v) is 11.1. The summed E-state index contributed by atoms with van der Waals surface area (Å²) in [5.74, 6) is -4.46. The molecule has 0 spiro atoms. The van der Waals surface area contributed by atoms with Crippen LogP contribution < -0.4 is 10.6 Å². The first-order valence-electron chi connectivity index (χ1n) is 13.1. The van der Waals surface area contributed by atoms with Crippen molar-refractivity contribution in [3.8, 4) is 17.3 Å². The molecule has 1 saturated carbocycles. The highest BCUT2D eigenvalue weighted by Gasteiger charge is 2.38. The molecular weight excluding hydrogens is 535 g/mol. The molecule has 0 saturated heterocycles. The minimum Gasteiger partial charge on any atom is -0.444 e. The number of hydrogen-bond donors (Lipinski definition) is 2. The van der Waals surface area contributed by atoms with E-state index in [1.165, 1.54) is 6.20 Å². The van der Waals surface area contributed by atoms with Gasteiger partial charge in [0.2, 0.25) is 0 Å². The Morgan fingerprint density at radius 1 is 1.05 bits per heavy atom. The Labute approximate surface area is 236 Å². The lowest BCUT2D eigenvalue weighted by Crippen LogP contribution is -2.47. The third kappa shape index (κ3) is 6.82. The van der Waals surface area contributed by atoms with Gasteiger partial charge in [-0.15, -0.1) is 0 Å². The number of hydrogen-bond acceptors (Lipinski definition) is 6. The van der Waals surface area contributed by atoms with Crippen molar-refractivity contribution in [2.75, 3.05) is 5.32 Å². The number of nitrogens with one attached hydrogen (secondary N) is 2. The van der Waals surface area contributed by atoms with Crippen LogP contribution >= 0.6 is 0 Å². The molecule has 2 heterocycles. The largest absolute Gasteiger partial charge is 0.444 e. The molecule has 1 fully saturated rings. The highest BCUT2D eigenvalue weighted by atomic mass is 19.1. The van der Waals surface area contributed by atoms with Crippen LogP contribution in [-0.2, 0) is 4.74 Å². The van der Waals surface area contributed by atoms with Gasteiger partial charge in [0.15, 0.2) is 0 Å². The molecule has 8 nitrogen and oxygen atoms in total. The molecule has 2 aromatic heterocycles. The molecule has 1 aromatic carbocycles. The second-order valence-electron chi connectivity index (χ2n) is 11.1. The molecule has 0 unspecified atom stereocenters. The Kier molecular flexibility index (Phi) is 8.61. The number of amides is 2. The molecule has 2 N–H and O–H groups in total. The first-order valence-corrected chi connectivity index (χ1v) is 13.1. The number of nitrogens with zero attached hydrogens (tertiary/aromatic N) is 3. The third-order valence-corrected chi connectivity index (χ3v) is 6.91. The van der Waals surface area contributed by atoms with Crippen molar-refractivity contribution in [3.05, 3.63) is 77.5 Å². The van der Waals surface area contributed by atoms with Gasteiger partial charge in [-0.25, -0.2) is 22.9 Å². The fraction of sp³-hybridized carbons (Fsp3) is 0.367. The number of nitriles is 1. The first-order chi connectivity index (χ1) is 19.4. The van der Waals surface area contributed by atoms with Crippen LogP contribution in [0.1, 0.15) is 62.5 Å². The van der Waals surface area contributed by atoms with Crippen molar-refractivity contribution in [1.82, 2.24) is 15.3 Å². The maximum Gasteiger partial charge on any atom is 0.407 e. The molecule has 4 atom stereocenters. The van der Waals surface area contributed by atoms with Crippen LogP contribution in [-0.4, -0.2) is 33.6 Å². The van der Waals surface area contributed by atoms with Crippen molar-refractivity contribution in [2.45, 2.75) is 58.1 Å². The van der Waals surface area contributed by atoms with Gasteiger partial charge in [0, 0.05) is 12.2 Å². The van der Waals surface area contributed by atoms with E-state index in [0.717, 1.165) is 35.9 Å². The van der Waals surface area contributed by atoms with E-state index >= 15 is 0 Å². The molecule has 1 aliphatic carbocycles. The molecule has 11 heteroatoms. The molecule has 3 aromatic rings. The quantitative estimate of drug-likeness (QED) is 0.372. The van der Waals surface area contributed by atoms with E-state index in [0.29, 0.717) is 18.5 Å². The summed E-state index contributed by atoms with van der Waals surface area (Å²) < 4.78 is 48.6. The van der Waals surface area contributed by atoms with Gasteiger partial charge in [-0.1, -0.05) is 13.0 Å². The summed E-state index contributed by atoms with van der Waals surface area (Å²) in [6.07, 6.45) is 3.40. The molecule has 41 heavy (non-hydrogen) atoms. The lowest BCUT2D eigenvalue weighted by atomic mass is 9.70. The van der Waals surface area contributed by atoms with Crippen molar-refractivity contribution in [3.63, 3.8) is 0 Å². The van der Waals surface area contributed by atoms with E-state index in [4.69, 9.17) is 4.74 Å². The number of benzene rings is 1. The zero-order valence-corrected chi connectivity index (χ0v) is 23.0. The maximum atomic E-state index is 14.5. The third-order valence-electron chi connectivity index (χ3n) is 6.91. The Bertz CT molecular complexity index is 1480. The van der Waals surface area contributed by atoms with E-state index < -0.39 is 58.3 Å². The number of pyridine rings is 2. The number of ether oxygens (including phenoxy) is 1. The van der Waals surface area contributed by atoms with Crippen LogP contribution in [0.5, 0.6) is 0 Å². The fourth-order valence-electron chi connectivity index (χ4n) is 5.14. The standard InChI is InChI=1S/C30H30F3N5O3/c1-16-12-17(13-24(19(16)14-34)38-29(40)41-30(2,3)4)18-10-11-35-15-25(18)37-28(39)23-9-8-22(33)27(36-23)26-20(31)6-5-7-21(26)32/h5-11,15-17,19,24H,12-13H2,1-4H3,(H,37,39)(H,38,40)/t16-,17+,19-,24+/m0/s1. The predicted octanol–water partition coefficient (Wildman–Crippen LogP) is 6.36. The number of alkyl carbamates (subject to hydrolysis) is 1. The van der Waals surface area contributed by atoms with Gasteiger partial charge in [0.05, 0.1) is 29.4 Å². The summed E-state index contributed by atoms with van der Waals surface area (Å²) in [7, 11) is 0. The first kappa shape index (κ1) is 29.5. The number of anilines is 1. The Morgan fingerprint density at radius 3 is 2.41 bits per heavy atom. The van der Waals surface area contributed by atoms with E-state index in [1.807, 2.05) is 6.92 Å². The minimum atomic E-state index is -1.01. The molecule has 0 bridgehead atoms. The van der Waals surface area contributed by atoms with Crippen molar-refractivity contribution in [2.24, 2.45) is 11.8 Å². The Hall–Kier alpha value is -4.46. The smallest absolute Gasteiger partial charge is 0.407 e. The lowest BCUT2D eigenvalue weighted by Gasteiger charge is -2.38. The van der Waals surface area contributed by atoms with Crippen molar-refractivity contribution >= 4 is 17.7 Å². The zero-order valence-electron chi connectivity index (χ0n) is 23.0. The maximum absolute atomic E-state index is 14.5. The number of rotatable bonds is 5. The molecule has 4 rings (SSSR count). The van der Waals surface area contributed by atoms with Gasteiger partial charge in [-0.05, 0) is 81.3 Å². The number of halogens is 3. The molecule has 0 aliphatic heterocycles. The highest BCUT2D eigenvalue weighted by Crippen LogP contribution is 2.42. The van der Waals surface area contributed by atoms with Crippen molar-refractivity contribution < 1.29 is 27.5 Å². The topological polar surface area (TPSA) is 117 Å². The van der Waals surface area contributed by atoms with Crippen LogP contribution in [0.4, 0.5) is 23.7 Å². The van der Waals surface area contributed by atoms with Crippen LogP contribution in [0.15, 0.2) is 48.8 Å². The summed E-state index contributed by atoms with van der Waals surface area (Å²) >= 11 is 0. The Morgan fingerprint density at radius 2 is 1.76 bits per heavy atom. The second kappa shape index (κ2) is 12.0. The SMILES string of the molecule is C[C@H]1C[C@@H](c2ccncc2NC(=O)c2ccc(F)c(-c3c(F)cccc3F)n2)C[C@@H](NC(=O)OC(C)(C)C)[C@H]1C#N. The van der Waals surface area contributed by atoms with Crippen LogP contribution in [0.2, 0.25) is 0 Å². The minimum absolute atomic E-state index is 0.0904. The van der Waals surface area contributed by atoms with Gasteiger partial charge in [-0.2, -0.15) is 5.26 Å². The summed E-state index contributed by atoms with van der Waals surface area (Å²) in [6.45, 7) is 7.17. The van der Waals surface area contributed by atoms with Crippen LogP contribution in [0.25, 0.3) is 11.3 Å². The summed E-state index contributed by atoms with van der Waals surface area (Å²) in [5.41, 5.74) is -1.19. The van der Waals surface area contributed by atoms with E-state index in [9.17, 15) is 28.0 Å². The average molecular weight is 566 g/mol. The zero-order chi connectivity index (χ0) is 29.9. The van der Waals surface area contributed by atoms with E-state index in [2.05, 4.69) is 26.7 Å². The molecule has 2 amide bonds. The molecular formula is C30H30F3N5O3. The monoisotopic (exact) mass is 565 g/mol. The normalized spacial score (nSPS) is 20.5. The van der Waals surface area contributed by atoms with Crippen LogP contribution in [0.3, 0.4) is 0 Å². The molecule has 1 aliphatic rings. The van der Waals surface area contributed by atoms with Gasteiger partial charge < -0.3 is 15.4 Å².